The van der Waals surface area contributed by atoms with Crippen LogP contribution in [0.5, 0.6) is 0 Å². The Hall–Kier alpha value is -3.37. The van der Waals surface area contributed by atoms with Crippen LogP contribution in [-0.2, 0) is 0 Å². The molecule has 0 amide bonds. The lowest BCUT2D eigenvalue weighted by molar-refractivity contribution is 1.04. The van der Waals surface area contributed by atoms with Crippen LogP contribution in [-0.4, -0.2) is 30.1 Å². The van der Waals surface area contributed by atoms with Gasteiger partial charge in [0.05, 0.1) is 26.3 Å². The number of nitrogens with one attached hydrogen (secondary N) is 3. The van der Waals surface area contributed by atoms with Crippen LogP contribution in [0.3, 0.4) is 0 Å². The summed E-state index contributed by atoms with van der Waals surface area (Å²) in [4.78, 5) is 18.1. The Kier molecular flexibility index (Phi) is 3.96. The number of hydrogen-bond donors (Lipinski definition) is 3. The SMILES string of the molecule is c1csc(-c2cc(Nc3ncnc(Nc4ccc5ncsc5c4)n3)n[nH]2)c1. The van der Waals surface area contributed by atoms with E-state index < -0.39 is 0 Å². The van der Waals surface area contributed by atoms with E-state index in [1.165, 1.54) is 6.33 Å². The molecule has 0 spiro atoms. The van der Waals surface area contributed by atoms with Crippen molar-refractivity contribution in [3.63, 3.8) is 0 Å². The van der Waals surface area contributed by atoms with Gasteiger partial charge in [0.15, 0.2) is 5.82 Å². The first-order chi connectivity index (χ1) is 13.3. The van der Waals surface area contributed by atoms with Gasteiger partial charge in [0, 0.05) is 11.8 Å². The number of hydrogen-bond acceptors (Lipinski definition) is 9. The summed E-state index contributed by atoms with van der Waals surface area (Å²) >= 11 is 3.24. The van der Waals surface area contributed by atoms with Crippen LogP contribution in [0.15, 0.2) is 53.6 Å². The third kappa shape index (κ3) is 3.35. The van der Waals surface area contributed by atoms with E-state index in [9.17, 15) is 0 Å². The highest BCUT2D eigenvalue weighted by atomic mass is 32.1. The molecule has 0 radical (unpaired) electrons. The number of aromatic amines is 1. The van der Waals surface area contributed by atoms with Gasteiger partial charge in [-0.3, -0.25) is 5.10 Å². The molecule has 1 aromatic carbocycles. The van der Waals surface area contributed by atoms with Crippen LogP contribution < -0.4 is 10.6 Å². The molecule has 5 aromatic rings. The van der Waals surface area contributed by atoms with Crippen molar-refractivity contribution >= 4 is 56.3 Å². The highest BCUT2D eigenvalue weighted by Crippen LogP contribution is 2.26. The molecular weight excluding hydrogens is 380 g/mol. The van der Waals surface area contributed by atoms with Gasteiger partial charge in [-0.15, -0.1) is 22.7 Å². The van der Waals surface area contributed by atoms with E-state index in [4.69, 9.17) is 0 Å². The molecule has 4 aromatic heterocycles. The summed E-state index contributed by atoms with van der Waals surface area (Å²) in [6.07, 6.45) is 1.45. The highest BCUT2D eigenvalue weighted by Gasteiger charge is 2.08. The Morgan fingerprint density at radius 1 is 0.926 bits per heavy atom. The van der Waals surface area contributed by atoms with Gasteiger partial charge in [0.2, 0.25) is 11.9 Å². The smallest absolute Gasteiger partial charge is 0.233 e. The van der Waals surface area contributed by atoms with Crippen LogP contribution in [0.4, 0.5) is 23.4 Å². The summed E-state index contributed by atoms with van der Waals surface area (Å²) in [5.41, 5.74) is 4.64. The van der Waals surface area contributed by atoms with E-state index in [1.807, 2.05) is 47.3 Å². The van der Waals surface area contributed by atoms with E-state index in [2.05, 4.69) is 40.8 Å². The van der Waals surface area contributed by atoms with Gasteiger partial charge < -0.3 is 10.6 Å². The maximum atomic E-state index is 4.40. The van der Waals surface area contributed by atoms with Gasteiger partial charge in [-0.1, -0.05) is 6.07 Å². The average molecular weight is 392 g/mol. The Morgan fingerprint density at radius 3 is 2.74 bits per heavy atom. The molecule has 5 rings (SSSR count). The van der Waals surface area contributed by atoms with Crippen LogP contribution in [0.25, 0.3) is 20.8 Å². The second-order valence-corrected chi connectivity index (χ2v) is 7.40. The number of thiazole rings is 1. The Morgan fingerprint density at radius 2 is 1.85 bits per heavy atom. The van der Waals surface area contributed by atoms with Gasteiger partial charge in [-0.25, -0.2) is 15.0 Å². The van der Waals surface area contributed by atoms with Crippen molar-refractivity contribution in [2.75, 3.05) is 10.6 Å². The summed E-state index contributed by atoms with van der Waals surface area (Å²) < 4.78 is 1.10. The number of nitrogens with zero attached hydrogens (tertiary/aromatic N) is 5. The first kappa shape index (κ1) is 15.9. The van der Waals surface area contributed by atoms with Crippen molar-refractivity contribution in [1.29, 1.82) is 0 Å². The molecule has 3 N–H and O–H groups in total. The number of rotatable bonds is 5. The maximum absolute atomic E-state index is 4.40. The van der Waals surface area contributed by atoms with Crippen molar-refractivity contribution in [3.05, 3.63) is 53.6 Å². The highest BCUT2D eigenvalue weighted by molar-refractivity contribution is 7.16. The zero-order chi connectivity index (χ0) is 18.1. The van der Waals surface area contributed by atoms with Crippen molar-refractivity contribution in [2.45, 2.75) is 0 Å². The summed E-state index contributed by atoms with van der Waals surface area (Å²) in [6, 6.07) is 11.9. The first-order valence-corrected chi connectivity index (χ1v) is 9.75. The fraction of sp³-hybridized carbons (Fsp3) is 0. The zero-order valence-electron chi connectivity index (χ0n) is 13.7. The van der Waals surface area contributed by atoms with Gasteiger partial charge in [-0.2, -0.15) is 10.1 Å². The standard InChI is InChI=1S/C17H12N8S2/c1-2-13(26-5-1)12-7-15(25-24-12)22-17-19-8-18-16(23-17)21-10-3-4-11-14(6-10)27-9-20-11/h1-9H,(H3,18,19,21,22,23,24,25). The quantitative estimate of drug-likeness (QED) is 0.407. The van der Waals surface area contributed by atoms with E-state index in [0.717, 1.165) is 26.5 Å². The van der Waals surface area contributed by atoms with Gasteiger partial charge in [0.25, 0.3) is 0 Å². The second kappa shape index (κ2) is 6.74. The number of H-pyrrole nitrogens is 1. The topological polar surface area (TPSA) is 104 Å². The summed E-state index contributed by atoms with van der Waals surface area (Å²) in [5.74, 6) is 1.50. The van der Waals surface area contributed by atoms with E-state index in [0.29, 0.717) is 17.7 Å². The van der Waals surface area contributed by atoms with Crippen LogP contribution in [0.1, 0.15) is 0 Å². The summed E-state index contributed by atoms with van der Waals surface area (Å²) in [6.45, 7) is 0. The molecule has 0 fully saturated rings. The van der Waals surface area contributed by atoms with E-state index >= 15 is 0 Å². The number of thiophene rings is 1. The summed E-state index contributed by atoms with van der Waals surface area (Å²) in [5, 5.41) is 15.6. The molecule has 8 nitrogen and oxygen atoms in total. The lowest BCUT2D eigenvalue weighted by Gasteiger charge is -2.06. The van der Waals surface area contributed by atoms with Crippen LogP contribution in [0, 0.1) is 0 Å². The largest absolute Gasteiger partial charge is 0.324 e. The molecule has 0 saturated heterocycles. The van der Waals surface area contributed by atoms with Crippen molar-refractivity contribution in [2.24, 2.45) is 0 Å². The molecule has 0 aliphatic rings. The fourth-order valence-electron chi connectivity index (χ4n) is 2.54. The van der Waals surface area contributed by atoms with Gasteiger partial charge >= 0.3 is 0 Å². The van der Waals surface area contributed by atoms with Crippen molar-refractivity contribution < 1.29 is 0 Å². The summed E-state index contributed by atoms with van der Waals surface area (Å²) in [7, 11) is 0. The normalized spacial score (nSPS) is 11.0. The minimum absolute atomic E-state index is 0.413. The minimum atomic E-state index is 0.413. The zero-order valence-corrected chi connectivity index (χ0v) is 15.4. The van der Waals surface area contributed by atoms with Gasteiger partial charge in [-0.05, 0) is 29.6 Å². The molecule has 4 heterocycles. The number of aromatic nitrogens is 6. The van der Waals surface area contributed by atoms with E-state index in [-0.39, 0.29) is 0 Å². The fourth-order valence-corrected chi connectivity index (χ4v) is 3.95. The molecule has 0 saturated carbocycles. The van der Waals surface area contributed by atoms with Crippen molar-refractivity contribution in [3.8, 4) is 10.6 Å². The molecule has 10 heteroatoms. The van der Waals surface area contributed by atoms with Crippen LogP contribution >= 0.6 is 22.7 Å². The minimum Gasteiger partial charge on any atom is -0.324 e. The predicted molar refractivity (Wildman–Crippen MR) is 108 cm³/mol. The lowest BCUT2D eigenvalue weighted by Crippen LogP contribution is -2.02. The molecule has 0 unspecified atom stereocenters. The Bertz CT molecular complexity index is 1190. The van der Waals surface area contributed by atoms with E-state index in [1.54, 1.807) is 22.7 Å². The molecule has 0 bridgehead atoms. The first-order valence-electron chi connectivity index (χ1n) is 7.99. The molecule has 27 heavy (non-hydrogen) atoms. The molecule has 132 valence electrons. The molecule has 0 aliphatic heterocycles. The second-order valence-electron chi connectivity index (χ2n) is 5.56. The monoisotopic (exact) mass is 392 g/mol. The number of fused-ring (bicyclic) bond motifs is 1. The predicted octanol–water partition coefficient (Wildman–Crippen LogP) is 4.42. The van der Waals surface area contributed by atoms with Gasteiger partial charge in [0.1, 0.15) is 6.33 Å². The molecule has 0 atom stereocenters. The Balaban J connectivity index is 1.34. The molecule has 0 aliphatic carbocycles. The molecular formula is C17H12N8S2. The maximum Gasteiger partial charge on any atom is 0.233 e. The Labute approximate surface area is 161 Å². The van der Waals surface area contributed by atoms with Crippen LogP contribution in [0.2, 0.25) is 0 Å². The third-order valence-electron chi connectivity index (χ3n) is 3.76. The van der Waals surface area contributed by atoms with Crippen molar-refractivity contribution in [1.82, 2.24) is 30.1 Å². The number of benzene rings is 1. The average Bonchev–Trinajstić information content (AvgIpc) is 3.43. The third-order valence-corrected chi connectivity index (χ3v) is 5.46. The number of anilines is 4. The lowest BCUT2D eigenvalue weighted by atomic mass is 10.3.